The Labute approximate surface area is 613 Å². The molecule has 2 unspecified atom stereocenters. The van der Waals surface area contributed by atoms with Crippen LogP contribution >= 0.6 is 0 Å². The summed E-state index contributed by atoms with van der Waals surface area (Å²) in [5.41, 5.74) is -3.06. The Kier molecular flexibility index (Phi) is 33.9. The van der Waals surface area contributed by atoms with E-state index in [1.807, 2.05) is 93.6 Å². The Hall–Kier alpha value is -8.64. The average molecular weight is 1590 g/mol. The summed E-state index contributed by atoms with van der Waals surface area (Å²) in [6.07, 6.45) is -23.8. The van der Waals surface area contributed by atoms with Gasteiger partial charge < -0.3 is 51.7 Å². The van der Waals surface area contributed by atoms with Gasteiger partial charge in [0.05, 0.1) is 45.5 Å². The van der Waals surface area contributed by atoms with Gasteiger partial charge in [-0.25, -0.2) is 26.4 Å². The highest BCUT2D eigenvalue weighted by Crippen LogP contribution is 2.41. The zero-order valence-corrected chi connectivity index (χ0v) is 62.5. The first-order chi connectivity index (χ1) is 48.8. The van der Waals surface area contributed by atoms with Crippen molar-refractivity contribution < 1.29 is 141 Å². The lowest BCUT2D eigenvalue weighted by molar-refractivity contribution is -0.259. The van der Waals surface area contributed by atoms with Crippen LogP contribution in [0.1, 0.15) is 109 Å². The Morgan fingerprint density at radius 2 is 0.670 bits per heavy atom. The van der Waals surface area contributed by atoms with Crippen molar-refractivity contribution in [1.82, 2.24) is 0 Å². The lowest BCUT2D eigenvalue weighted by atomic mass is 9.91. The molecule has 584 valence electrons. The average Bonchev–Trinajstić information content (AvgIpc) is 0.781. The Bertz CT molecular complexity index is 3830. The van der Waals surface area contributed by atoms with Gasteiger partial charge in [0.2, 0.25) is 6.79 Å². The van der Waals surface area contributed by atoms with Crippen LogP contribution in [-0.2, 0) is 94.4 Å². The molecule has 0 saturated heterocycles. The summed E-state index contributed by atoms with van der Waals surface area (Å²) in [4.78, 5) is 76.3. The Morgan fingerprint density at radius 1 is 0.396 bits per heavy atom. The standard InChI is InChI=1S/C24H25O4S.C23H23O3S.2C12H17F5O7S/c1-24(2,3)28-23(25)27-18-26-19-14-16-22(17-15-19)29(20-10-6-4-7-11-20)21-12-8-5-9-13-21;1-23(2,3)26-22(24)25-18-14-16-21(17-15-18)27(19-10-6-4-7-11-19)20-12-8-5-9-13-20;2*1-4-10(2,3)9(19)23-6-5-7(18)24-8(11(13,14)15)12(16,17)25(20,21)22/h4-17H,18H2,1-3H3;4-17H,1-3H3;2*8H,4-6H2,1-3H3,(H,20,21,22)/q2*+1;;/p-2. The van der Waals surface area contributed by atoms with Gasteiger partial charge in [-0.2, -0.15) is 43.9 Å². The van der Waals surface area contributed by atoms with E-state index in [9.17, 15) is 98.6 Å². The third-order valence-electron chi connectivity index (χ3n) is 13.7. The second-order valence-electron chi connectivity index (χ2n) is 25.3. The molecule has 0 fully saturated rings. The monoisotopic (exact) mass is 1590 g/mol. The zero-order chi connectivity index (χ0) is 80.5. The summed E-state index contributed by atoms with van der Waals surface area (Å²) in [6, 6.07) is 57.2. The molecule has 0 radical (unpaired) electrons. The second-order valence-corrected chi connectivity index (χ2v) is 32.3. The molecule has 6 aromatic rings. The number of esters is 4. The van der Waals surface area contributed by atoms with Crippen LogP contribution in [0.2, 0.25) is 0 Å². The number of benzene rings is 6. The molecule has 0 aromatic heterocycles. The molecule has 0 aliphatic carbocycles. The Balaban J connectivity index is 0.000000368. The van der Waals surface area contributed by atoms with Gasteiger partial charge in [0, 0.05) is 0 Å². The van der Waals surface area contributed by atoms with Crippen LogP contribution in [0.25, 0.3) is 0 Å². The fourth-order valence-corrected chi connectivity index (χ4v) is 12.6. The molecule has 0 spiro atoms. The summed E-state index contributed by atoms with van der Waals surface area (Å²) in [6.45, 7) is 18.3. The second kappa shape index (κ2) is 39.3. The van der Waals surface area contributed by atoms with Gasteiger partial charge in [0.1, 0.15) is 35.9 Å². The largest absolute Gasteiger partial charge is 0.743 e. The van der Waals surface area contributed by atoms with Crippen LogP contribution < -0.4 is 9.47 Å². The molecule has 6 rings (SSSR count). The van der Waals surface area contributed by atoms with Crippen molar-refractivity contribution >= 4 is 78.2 Å². The van der Waals surface area contributed by atoms with Gasteiger partial charge >= 0.3 is 59.0 Å². The predicted molar refractivity (Wildman–Crippen MR) is 363 cm³/mol. The first-order valence-corrected chi connectivity index (χ1v) is 36.9. The van der Waals surface area contributed by atoms with E-state index in [0.717, 1.165) is 4.90 Å². The smallest absolute Gasteiger partial charge is 0.514 e. The number of carbonyl (C=O) groups excluding carboxylic acids is 6. The van der Waals surface area contributed by atoms with Crippen LogP contribution in [0.15, 0.2) is 199 Å². The molecule has 6 aromatic carbocycles. The number of carbonyl (C=O) groups is 6. The summed E-state index contributed by atoms with van der Waals surface area (Å²) >= 11 is 0. The molecule has 106 heavy (non-hydrogen) atoms. The van der Waals surface area contributed by atoms with Crippen molar-refractivity contribution in [3.8, 4) is 11.5 Å². The van der Waals surface area contributed by atoms with Crippen molar-refractivity contribution in [2.24, 2.45) is 10.8 Å². The van der Waals surface area contributed by atoms with Crippen molar-refractivity contribution in [3.05, 3.63) is 170 Å². The third-order valence-corrected chi connectivity index (χ3v) is 20.0. The summed E-state index contributed by atoms with van der Waals surface area (Å²) < 4.78 is 231. The van der Waals surface area contributed by atoms with Crippen molar-refractivity contribution in [1.29, 1.82) is 0 Å². The fraction of sp³-hybridized carbons (Fsp3) is 0.408. The van der Waals surface area contributed by atoms with Gasteiger partial charge in [0.25, 0.3) is 12.2 Å². The molecule has 2 atom stereocenters. The molecule has 0 N–H and O–H groups in total. The molecule has 0 aliphatic heterocycles. The van der Waals surface area contributed by atoms with Crippen molar-refractivity contribution in [3.63, 3.8) is 0 Å². The topological polar surface area (TPSA) is 300 Å². The van der Waals surface area contributed by atoms with E-state index in [1.165, 1.54) is 52.2 Å². The lowest BCUT2D eigenvalue weighted by Crippen LogP contribution is -2.52. The normalized spacial score (nSPS) is 12.9. The molecular weight excluding hydrogens is 1510 g/mol. The summed E-state index contributed by atoms with van der Waals surface area (Å²) in [5, 5.41) is -11.8. The fourth-order valence-electron chi connectivity index (χ4n) is 7.58. The van der Waals surface area contributed by atoms with Gasteiger partial charge in [-0.05, 0) is 179 Å². The molecular formula is C71H80F10O21S4. The SMILES string of the molecule is CC(C)(C)OC(=O)OCOc1ccc([S+](c2ccccc2)c2ccccc2)cc1.CC(C)(C)OC(=O)Oc1ccc([S+](c2ccccc2)c2ccccc2)cc1.CCC(C)(C)C(=O)OCCC(=O)OC(C(F)(F)F)C(F)(F)S(=O)(=O)[O-].CCC(C)(C)C(=O)OCCC(=O)OC(C(F)(F)F)C(F)(F)S(=O)(=O)[O-]. The number of ether oxygens (including phenoxy) is 9. The van der Waals surface area contributed by atoms with Crippen molar-refractivity contribution in [2.75, 3.05) is 20.0 Å². The van der Waals surface area contributed by atoms with Gasteiger partial charge in [-0.3, -0.25) is 19.2 Å². The van der Waals surface area contributed by atoms with Crippen LogP contribution in [0.3, 0.4) is 0 Å². The van der Waals surface area contributed by atoms with Crippen LogP contribution in [0, 0.1) is 10.8 Å². The minimum absolute atomic E-state index is 0.197. The van der Waals surface area contributed by atoms with E-state index < -0.39 is 140 Å². The molecule has 0 amide bonds. The number of hydrogen-bond donors (Lipinski definition) is 0. The minimum Gasteiger partial charge on any atom is -0.743 e. The van der Waals surface area contributed by atoms with E-state index in [2.05, 4.69) is 116 Å². The zero-order valence-electron chi connectivity index (χ0n) is 59.3. The summed E-state index contributed by atoms with van der Waals surface area (Å²) in [5.74, 6) is -4.33. The first kappa shape index (κ1) is 91.6. The first-order valence-electron chi connectivity index (χ1n) is 31.6. The summed E-state index contributed by atoms with van der Waals surface area (Å²) in [7, 11) is -13.9. The highest BCUT2D eigenvalue weighted by atomic mass is 32.2. The molecule has 0 bridgehead atoms. The molecule has 0 saturated carbocycles. The minimum atomic E-state index is -6.75. The Morgan fingerprint density at radius 3 is 0.934 bits per heavy atom. The van der Waals surface area contributed by atoms with Gasteiger partial charge in [0.15, 0.2) is 49.6 Å². The highest BCUT2D eigenvalue weighted by Gasteiger charge is 2.64. The van der Waals surface area contributed by atoms with E-state index >= 15 is 0 Å². The molecule has 0 aliphatic rings. The van der Waals surface area contributed by atoms with Crippen LogP contribution in [0.5, 0.6) is 11.5 Å². The number of halogens is 10. The lowest BCUT2D eigenvalue weighted by Gasteiger charge is -2.29. The molecule has 35 heteroatoms. The van der Waals surface area contributed by atoms with E-state index in [-0.39, 0.29) is 28.6 Å². The molecule has 21 nitrogen and oxygen atoms in total. The van der Waals surface area contributed by atoms with E-state index in [0.29, 0.717) is 24.3 Å². The number of rotatable bonds is 26. The van der Waals surface area contributed by atoms with Crippen LogP contribution in [0.4, 0.5) is 53.5 Å². The third kappa shape index (κ3) is 30.3. The maximum absolute atomic E-state index is 13.1. The van der Waals surface area contributed by atoms with E-state index in [4.69, 9.17) is 23.7 Å². The maximum atomic E-state index is 13.1. The molecule has 0 heterocycles. The number of hydrogen-bond acceptors (Lipinski definition) is 21. The van der Waals surface area contributed by atoms with Crippen molar-refractivity contribution in [2.45, 2.75) is 184 Å². The van der Waals surface area contributed by atoms with Gasteiger partial charge in [-0.1, -0.05) is 86.6 Å². The quantitative estimate of drug-likeness (QED) is 0.00926. The van der Waals surface area contributed by atoms with Gasteiger partial charge in [-0.15, -0.1) is 0 Å². The maximum Gasteiger partial charge on any atom is 0.514 e. The predicted octanol–water partition coefficient (Wildman–Crippen LogP) is 16.1. The van der Waals surface area contributed by atoms with Crippen LogP contribution in [-0.4, -0.2) is 128 Å². The highest BCUT2D eigenvalue weighted by molar-refractivity contribution is 7.97. The van der Waals surface area contributed by atoms with E-state index in [1.54, 1.807) is 34.6 Å². The number of alkyl halides is 10.